The SMILES string of the molecule is c1ccc(-c2ccc(-n3c4ccc(-c5ccccc5)cc4c4cc(-c5ccc6c(c5)c5ccccc5n6-c5ccccc5)ccc43)cc2)cc1.c1ccc(-c2ccc(-n3c4ccccc4c4cc(-c5ccc6c(c5)c5ccccc5n6-c5cccc6ccccc56)ccc43)cc2)cc1.c1ccc(-n2c3ccccc3c3cc(-c4ccc5c(c4)c4ccccc4n5-c4cccc5c4ccc4ccccc45)ccc32)cc1. The van der Waals surface area contributed by atoms with Gasteiger partial charge < -0.3 is 27.4 Å². The first-order valence-electron chi connectivity index (χ1n) is 49.6. The monoisotopic (exact) mass is 1830 g/mol. The molecule has 672 valence electrons. The summed E-state index contributed by atoms with van der Waals surface area (Å²) in [6.07, 6.45) is 0. The van der Waals surface area contributed by atoms with Gasteiger partial charge in [-0.05, 0) is 264 Å². The molecule has 0 aliphatic rings. The largest absolute Gasteiger partial charge is 0.309 e. The van der Waals surface area contributed by atoms with Crippen molar-refractivity contribution in [1.82, 2.24) is 27.4 Å². The Morgan fingerprint density at radius 1 is 0.0903 bits per heavy atom. The molecule has 0 unspecified atom stereocenters. The summed E-state index contributed by atoms with van der Waals surface area (Å²) in [4.78, 5) is 0. The van der Waals surface area contributed by atoms with Gasteiger partial charge in [-0.15, -0.1) is 0 Å². The molecule has 0 radical (unpaired) electrons. The van der Waals surface area contributed by atoms with E-state index in [1.54, 1.807) is 0 Å². The molecule has 0 atom stereocenters. The third-order valence-electron chi connectivity index (χ3n) is 29.7. The van der Waals surface area contributed by atoms with Gasteiger partial charge in [0, 0.05) is 98.2 Å². The van der Waals surface area contributed by atoms with Crippen LogP contribution in [-0.4, -0.2) is 27.4 Å². The van der Waals surface area contributed by atoms with Crippen molar-refractivity contribution in [1.29, 1.82) is 0 Å². The van der Waals surface area contributed by atoms with Crippen LogP contribution in [0.5, 0.6) is 0 Å². The van der Waals surface area contributed by atoms with E-state index in [1.165, 1.54) is 253 Å². The number of fused-ring (bicyclic) bond motifs is 22. The molecule has 6 aromatic heterocycles. The lowest BCUT2D eigenvalue weighted by molar-refractivity contribution is 1.18. The quantitative estimate of drug-likeness (QED) is 0.109. The molecule has 0 bridgehead atoms. The Balaban J connectivity index is 0.000000105. The van der Waals surface area contributed by atoms with Gasteiger partial charge in [-0.25, -0.2) is 0 Å². The van der Waals surface area contributed by atoms with Crippen molar-refractivity contribution in [3.8, 4) is 101 Å². The van der Waals surface area contributed by atoms with Crippen LogP contribution in [0.1, 0.15) is 0 Å². The fraction of sp³-hybridized carbons (Fsp3) is 0. The Morgan fingerprint density at radius 3 is 0.632 bits per heavy atom. The molecule has 0 spiro atoms. The second-order valence-electron chi connectivity index (χ2n) is 37.7. The Labute approximate surface area is 831 Å². The van der Waals surface area contributed by atoms with E-state index in [-0.39, 0.29) is 0 Å². The van der Waals surface area contributed by atoms with Crippen molar-refractivity contribution in [2.45, 2.75) is 0 Å². The number of benzene rings is 24. The number of hydrogen-bond donors (Lipinski definition) is 0. The molecule has 6 nitrogen and oxygen atoms in total. The second-order valence-corrected chi connectivity index (χ2v) is 37.7. The summed E-state index contributed by atoms with van der Waals surface area (Å²) in [7, 11) is 0. The van der Waals surface area contributed by atoms with E-state index in [0.29, 0.717) is 0 Å². The van der Waals surface area contributed by atoms with Gasteiger partial charge in [-0.1, -0.05) is 370 Å². The van der Waals surface area contributed by atoms with Crippen LogP contribution in [0.2, 0.25) is 0 Å². The van der Waals surface area contributed by atoms with E-state index in [0.717, 1.165) is 11.4 Å². The molecule has 30 rings (SSSR count). The Bertz CT molecular complexity index is 10300. The van der Waals surface area contributed by atoms with Crippen LogP contribution in [0.3, 0.4) is 0 Å². The van der Waals surface area contributed by atoms with Crippen molar-refractivity contribution < 1.29 is 0 Å². The fourth-order valence-corrected chi connectivity index (χ4v) is 23.1. The van der Waals surface area contributed by atoms with Gasteiger partial charge in [0.2, 0.25) is 0 Å². The molecule has 0 aliphatic heterocycles. The summed E-state index contributed by atoms with van der Waals surface area (Å²) in [6.45, 7) is 0. The summed E-state index contributed by atoms with van der Waals surface area (Å²) >= 11 is 0. The van der Waals surface area contributed by atoms with Crippen LogP contribution < -0.4 is 0 Å². The lowest BCUT2D eigenvalue weighted by Crippen LogP contribution is -1.95. The van der Waals surface area contributed by atoms with Crippen molar-refractivity contribution >= 4 is 163 Å². The Kier molecular flexibility index (Phi) is 19.9. The number of para-hydroxylation sites is 7. The summed E-state index contributed by atoms with van der Waals surface area (Å²) in [5.74, 6) is 0. The molecular formula is C138H90N6. The van der Waals surface area contributed by atoms with Crippen LogP contribution in [0.4, 0.5) is 0 Å². The van der Waals surface area contributed by atoms with Crippen LogP contribution >= 0.6 is 0 Å². The molecule has 6 heterocycles. The van der Waals surface area contributed by atoms with Crippen molar-refractivity contribution in [3.05, 3.63) is 546 Å². The predicted octanol–water partition coefficient (Wildman–Crippen LogP) is 37.1. The maximum atomic E-state index is 2.45. The standard InChI is InChI=1S/C48H32N2.C46H30N2.C44H28N2/c1-4-12-33(13-5-1)35-20-25-40(26-21-35)50-47-27-22-36(34-14-6-2-7-15-34)30-43(47)44-32-38(24-29-48(44)50)37-23-28-46-42(31-37)41-18-10-11-19-45(41)49(46)39-16-8-3-9-17-39;1-2-11-31(12-3-1)32-21-25-36(26-22-32)47-43-18-8-6-16-38(43)40-29-34(23-27-45(40)47)35-24-28-46-41(30-35)39-17-7-9-19-44(39)48(46)42-20-10-14-33-13-4-5-15-37(33)42;1-2-12-32(13-3-1)45-40-18-8-6-15-35(40)38-27-30(22-25-43(38)45)31-23-26-44-39(28-31)36-16-7-9-19-41(36)46(44)42-20-10-17-34-33-14-5-4-11-29(33)21-24-37(34)42/h1-32H;1-30H;1-28H. The molecule has 144 heavy (non-hydrogen) atoms. The molecule has 0 aliphatic carbocycles. The molecule has 0 fully saturated rings. The minimum absolute atomic E-state index is 1.15. The van der Waals surface area contributed by atoms with Gasteiger partial charge in [0.1, 0.15) is 0 Å². The third-order valence-corrected chi connectivity index (χ3v) is 29.7. The minimum atomic E-state index is 1.15. The van der Waals surface area contributed by atoms with E-state index in [9.17, 15) is 0 Å². The lowest BCUT2D eigenvalue weighted by atomic mass is 9.99. The average Bonchev–Trinajstić information content (AvgIpc) is 1.58. The Hall–Kier alpha value is -19.1. The highest BCUT2D eigenvalue weighted by atomic mass is 15.0. The number of aromatic nitrogens is 6. The number of nitrogens with zero attached hydrogens (tertiary/aromatic N) is 6. The lowest BCUT2D eigenvalue weighted by Gasteiger charge is -2.13. The van der Waals surface area contributed by atoms with Crippen molar-refractivity contribution in [2.75, 3.05) is 0 Å². The summed E-state index contributed by atoms with van der Waals surface area (Å²) in [5, 5.41) is 22.7. The van der Waals surface area contributed by atoms with Crippen LogP contribution in [0.25, 0.3) is 264 Å². The highest BCUT2D eigenvalue weighted by molar-refractivity contribution is 6.19. The normalized spacial score (nSPS) is 11.8. The zero-order valence-corrected chi connectivity index (χ0v) is 78.6. The topological polar surface area (TPSA) is 29.6 Å². The summed E-state index contributed by atoms with van der Waals surface area (Å²) in [5.41, 5.74) is 36.3. The molecule has 0 saturated carbocycles. The maximum absolute atomic E-state index is 2.45. The minimum Gasteiger partial charge on any atom is -0.309 e. The molecule has 0 N–H and O–H groups in total. The van der Waals surface area contributed by atoms with Gasteiger partial charge >= 0.3 is 0 Å². The highest BCUT2D eigenvalue weighted by Gasteiger charge is 2.24. The molecule has 0 amide bonds. The first-order chi connectivity index (χ1) is 71.4. The second kappa shape index (κ2) is 34.5. The van der Waals surface area contributed by atoms with Crippen molar-refractivity contribution in [3.63, 3.8) is 0 Å². The van der Waals surface area contributed by atoms with Crippen molar-refractivity contribution in [2.24, 2.45) is 0 Å². The molecule has 0 saturated heterocycles. The first-order valence-corrected chi connectivity index (χ1v) is 49.6. The van der Waals surface area contributed by atoms with E-state index in [1.807, 2.05) is 0 Å². The predicted molar refractivity (Wildman–Crippen MR) is 610 cm³/mol. The zero-order valence-electron chi connectivity index (χ0n) is 78.6. The number of rotatable bonds is 12. The smallest absolute Gasteiger partial charge is 0.0541 e. The molecule has 30 aromatic rings. The summed E-state index contributed by atoms with van der Waals surface area (Å²) < 4.78 is 14.4. The van der Waals surface area contributed by atoms with Crippen LogP contribution in [-0.2, 0) is 0 Å². The molecular weight excluding hydrogens is 1740 g/mol. The highest BCUT2D eigenvalue weighted by Crippen LogP contribution is 2.47. The molecule has 24 aromatic carbocycles. The van der Waals surface area contributed by atoms with E-state index in [2.05, 4.69) is 573 Å². The van der Waals surface area contributed by atoms with E-state index in [4.69, 9.17) is 0 Å². The van der Waals surface area contributed by atoms with Gasteiger partial charge in [-0.2, -0.15) is 0 Å². The van der Waals surface area contributed by atoms with E-state index < -0.39 is 0 Å². The van der Waals surface area contributed by atoms with E-state index >= 15 is 0 Å². The van der Waals surface area contributed by atoms with Crippen LogP contribution in [0.15, 0.2) is 546 Å². The van der Waals surface area contributed by atoms with Gasteiger partial charge in [-0.3, -0.25) is 0 Å². The average molecular weight is 1830 g/mol. The fourth-order valence-electron chi connectivity index (χ4n) is 23.1. The third kappa shape index (κ3) is 13.9. The van der Waals surface area contributed by atoms with Gasteiger partial charge in [0.15, 0.2) is 0 Å². The maximum Gasteiger partial charge on any atom is 0.0541 e. The molecule has 6 heteroatoms. The Morgan fingerprint density at radius 2 is 0.292 bits per heavy atom. The first kappa shape index (κ1) is 83.1. The number of hydrogen-bond acceptors (Lipinski definition) is 0. The van der Waals surface area contributed by atoms with Gasteiger partial charge in [0.05, 0.1) is 77.6 Å². The summed E-state index contributed by atoms with van der Waals surface area (Å²) in [6, 6.07) is 199. The van der Waals surface area contributed by atoms with Crippen LogP contribution in [0, 0.1) is 0 Å². The zero-order chi connectivity index (χ0) is 94.8. The van der Waals surface area contributed by atoms with Gasteiger partial charge in [0.25, 0.3) is 0 Å².